The van der Waals surface area contributed by atoms with Gasteiger partial charge in [-0.05, 0) is 12.5 Å². The van der Waals surface area contributed by atoms with Gasteiger partial charge in [-0.3, -0.25) is 14.9 Å². The zero-order chi connectivity index (χ0) is 14.4. The quantitative estimate of drug-likeness (QED) is 0.466. The number of terminal acetylenes is 1. The smallest absolute Gasteiger partial charge is 0.272 e. The molecule has 1 unspecified atom stereocenters. The van der Waals surface area contributed by atoms with Gasteiger partial charge in [-0.25, -0.2) is 0 Å². The second kappa shape index (κ2) is 6.52. The van der Waals surface area contributed by atoms with Crippen LogP contribution < -0.4 is 11.1 Å². The number of nitrogens with two attached hydrogens (primary N) is 1. The van der Waals surface area contributed by atoms with E-state index in [1.807, 2.05) is 0 Å². The normalized spacial score (nSPS) is 11.4. The molecule has 0 radical (unpaired) electrons. The molecule has 1 aromatic carbocycles. The zero-order valence-electron chi connectivity index (χ0n) is 10.6. The highest BCUT2D eigenvalue weighted by Crippen LogP contribution is 2.20. The standard InChI is InChI=1S/C13H15N3O3/c1-3-5-11(14)13(17)15-8-10-6-4-7-12(9(10)2)16(18)19/h1,4,6-7,11H,5,8,14H2,2H3,(H,15,17). The van der Waals surface area contributed by atoms with Crippen LogP contribution in [0.2, 0.25) is 0 Å². The molecule has 0 fully saturated rings. The second-order valence-electron chi connectivity index (χ2n) is 4.05. The van der Waals surface area contributed by atoms with E-state index in [1.165, 1.54) is 6.07 Å². The molecule has 0 aromatic heterocycles. The Morgan fingerprint density at radius 3 is 2.89 bits per heavy atom. The van der Waals surface area contributed by atoms with Gasteiger partial charge in [0.15, 0.2) is 0 Å². The molecule has 0 saturated heterocycles. The van der Waals surface area contributed by atoms with E-state index < -0.39 is 11.0 Å². The first-order chi connectivity index (χ1) is 8.97. The number of hydrogen-bond acceptors (Lipinski definition) is 4. The molecule has 100 valence electrons. The fourth-order valence-electron chi connectivity index (χ4n) is 1.59. The Balaban J connectivity index is 2.74. The summed E-state index contributed by atoms with van der Waals surface area (Å²) in [5, 5.41) is 13.4. The number of carbonyl (C=O) groups is 1. The number of nitrogens with one attached hydrogen (secondary N) is 1. The molecule has 0 aliphatic carbocycles. The van der Waals surface area contributed by atoms with Crippen molar-refractivity contribution in [3.8, 4) is 12.3 Å². The highest BCUT2D eigenvalue weighted by molar-refractivity contribution is 5.81. The molecule has 1 aromatic rings. The van der Waals surface area contributed by atoms with Gasteiger partial charge in [0.1, 0.15) is 0 Å². The number of nitro groups is 1. The average molecular weight is 261 g/mol. The van der Waals surface area contributed by atoms with Crippen molar-refractivity contribution in [2.75, 3.05) is 0 Å². The Kier molecular flexibility index (Phi) is 5.03. The number of rotatable bonds is 5. The Morgan fingerprint density at radius 1 is 1.63 bits per heavy atom. The first-order valence-corrected chi connectivity index (χ1v) is 5.67. The van der Waals surface area contributed by atoms with Crippen LogP contribution in [0.15, 0.2) is 18.2 Å². The molecular weight excluding hydrogens is 246 g/mol. The summed E-state index contributed by atoms with van der Waals surface area (Å²) >= 11 is 0. The van der Waals surface area contributed by atoms with Gasteiger partial charge in [0.25, 0.3) is 5.69 Å². The van der Waals surface area contributed by atoms with Crippen LogP contribution in [0.25, 0.3) is 0 Å². The number of carbonyl (C=O) groups excluding carboxylic acids is 1. The van der Waals surface area contributed by atoms with E-state index in [-0.39, 0.29) is 24.6 Å². The van der Waals surface area contributed by atoms with Crippen molar-refractivity contribution in [2.45, 2.75) is 25.9 Å². The molecule has 0 saturated carbocycles. The van der Waals surface area contributed by atoms with E-state index >= 15 is 0 Å². The lowest BCUT2D eigenvalue weighted by Crippen LogP contribution is -2.40. The van der Waals surface area contributed by atoms with Crippen molar-refractivity contribution in [1.82, 2.24) is 5.32 Å². The minimum absolute atomic E-state index is 0.0275. The summed E-state index contributed by atoms with van der Waals surface area (Å²) in [5.41, 5.74) is 6.78. The third kappa shape index (κ3) is 3.79. The summed E-state index contributed by atoms with van der Waals surface area (Å²) in [5.74, 6) is 1.94. The minimum Gasteiger partial charge on any atom is -0.351 e. The maximum absolute atomic E-state index is 11.6. The SMILES string of the molecule is C#CCC(N)C(=O)NCc1cccc([N+](=O)[O-])c1C. The largest absolute Gasteiger partial charge is 0.351 e. The molecule has 6 nitrogen and oxygen atoms in total. The maximum atomic E-state index is 11.6. The number of nitro benzene ring substituents is 1. The van der Waals surface area contributed by atoms with Crippen molar-refractivity contribution in [1.29, 1.82) is 0 Å². The molecule has 3 N–H and O–H groups in total. The minimum atomic E-state index is -0.760. The Labute approximate surface area is 111 Å². The molecule has 0 spiro atoms. The van der Waals surface area contributed by atoms with Gasteiger partial charge in [-0.2, -0.15) is 0 Å². The molecule has 1 amide bonds. The lowest BCUT2D eigenvalue weighted by atomic mass is 10.1. The summed E-state index contributed by atoms with van der Waals surface area (Å²) in [6.45, 7) is 1.83. The molecular formula is C13H15N3O3. The second-order valence-corrected chi connectivity index (χ2v) is 4.05. The topological polar surface area (TPSA) is 98.3 Å². The van der Waals surface area contributed by atoms with Gasteiger partial charge in [0.2, 0.25) is 5.91 Å². The summed E-state index contributed by atoms with van der Waals surface area (Å²) in [6, 6.07) is 3.96. The lowest BCUT2D eigenvalue weighted by molar-refractivity contribution is -0.385. The molecule has 1 rings (SSSR count). The monoisotopic (exact) mass is 261 g/mol. The number of benzene rings is 1. The van der Waals surface area contributed by atoms with E-state index in [4.69, 9.17) is 12.2 Å². The van der Waals surface area contributed by atoms with Crippen molar-refractivity contribution in [3.63, 3.8) is 0 Å². The van der Waals surface area contributed by atoms with Gasteiger partial charge >= 0.3 is 0 Å². The van der Waals surface area contributed by atoms with Gasteiger partial charge in [-0.15, -0.1) is 12.3 Å². The van der Waals surface area contributed by atoms with E-state index in [9.17, 15) is 14.9 Å². The van der Waals surface area contributed by atoms with Gasteiger partial charge in [-0.1, -0.05) is 12.1 Å². The van der Waals surface area contributed by atoms with E-state index in [2.05, 4.69) is 11.2 Å². The van der Waals surface area contributed by atoms with Crippen molar-refractivity contribution >= 4 is 11.6 Å². The number of amides is 1. The van der Waals surface area contributed by atoms with Crippen LogP contribution >= 0.6 is 0 Å². The van der Waals surface area contributed by atoms with Crippen LogP contribution in [0.1, 0.15) is 17.5 Å². The number of hydrogen-bond donors (Lipinski definition) is 2. The molecule has 19 heavy (non-hydrogen) atoms. The van der Waals surface area contributed by atoms with Crippen LogP contribution in [0.4, 0.5) is 5.69 Å². The summed E-state index contributed by atoms with van der Waals surface area (Å²) in [6.07, 6.45) is 5.22. The third-order valence-corrected chi connectivity index (χ3v) is 2.74. The molecule has 1 atom stereocenters. The fourth-order valence-corrected chi connectivity index (χ4v) is 1.59. The Bertz CT molecular complexity index is 534. The molecule has 0 heterocycles. The van der Waals surface area contributed by atoms with Crippen LogP contribution in [-0.4, -0.2) is 16.9 Å². The van der Waals surface area contributed by atoms with E-state index in [1.54, 1.807) is 19.1 Å². The average Bonchev–Trinajstić information content (AvgIpc) is 2.37. The van der Waals surface area contributed by atoms with Gasteiger partial charge < -0.3 is 11.1 Å². The van der Waals surface area contributed by atoms with Crippen molar-refractivity contribution in [3.05, 3.63) is 39.4 Å². The summed E-state index contributed by atoms with van der Waals surface area (Å²) in [7, 11) is 0. The van der Waals surface area contributed by atoms with Crippen molar-refractivity contribution < 1.29 is 9.72 Å². The van der Waals surface area contributed by atoms with Crippen LogP contribution in [0.5, 0.6) is 0 Å². The molecule has 0 bridgehead atoms. The maximum Gasteiger partial charge on any atom is 0.272 e. The van der Waals surface area contributed by atoms with E-state index in [0.717, 1.165) is 0 Å². The fraction of sp³-hybridized carbons (Fsp3) is 0.308. The number of nitrogens with zero attached hydrogens (tertiary/aromatic N) is 1. The highest BCUT2D eigenvalue weighted by Gasteiger charge is 2.15. The molecule has 0 aliphatic heterocycles. The lowest BCUT2D eigenvalue weighted by Gasteiger charge is -2.11. The highest BCUT2D eigenvalue weighted by atomic mass is 16.6. The first-order valence-electron chi connectivity index (χ1n) is 5.67. The van der Waals surface area contributed by atoms with E-state index in [0.29, 0.717) is 11.1 Å². The van der Waals surface area contributed by atoms with Crippen molar-refractivity contribution in [2.24, 2.45) is 5.73 Å². The van der Waals surface area contributed by atoms with Crippen LogP contribution in [0.3, 0.4) is 0 Å². The Hall–Kier alpha value is -2.39. The molecule has 6 heteroatoms. The van der Waals surface area contributed by atoms with Crippen LogP contribution in [-0.2, 0) is 11.3 Å². The summed E-state index contributed by atoms with van der Waals surface area (Å²) in [4.78, 5) is 21.9. The zero-order valence-corrected chi connectivity index (χ0v) is 10.6. The third-order valence-electron chi connectivity index (χ3n) is 2.74. The summed E-state index contributed by atoms with van der Waals surface area (Å²) < 4.78 is 0. The van der Waals surface area contributed by atoms with Crippen LogP contribution in [0, 0.1) is 29.4 Å². The predicted octanol–water partition coefficient (Wildman–Crippen LogP) is 0.870. The van der Waals surface area contributed by atoms with Gasteiger partial charge in [0.05, 0.1) is 11.0 Å². The Morgan fingerprint density at radius 2 is 2.32 bits per heavy atom. The molecule has 0 aliphatic rings. The first kappa shape index (κ1) is 14.7. The predicted molar refractivity (Wildman–Crippen MR) is 71.1 cm³/mol. The van der Waals surface area contributed by atoms with Gasteiger partial charge in [0, 0.05) is 24.6 Å².